The van der Waals surface area contributed by atoms with Gasteiger partial charge in [-0.3, -0.25) is 4.90 Å². The van der Waals surface area contributed by atoms with E-state index in [0.29, 0.717) is 0 Å². The van der Waals surface area contributed by atoms with E-state index in [4.69, 9.17) is 9.16 Å². The first-order valence-corrected chi connectivity index (χ1v) is 10.1. The normalized spacial score (nSPS) is 26.8. The molecule has 1 N–H and O–H groups in total. The monoisotopic (exact) mass is 317 g/mol. The van der Waals surface area contributed by atoms with Gasteiger partial charge >= 0.3 is 12.1 Å². The minimum atomic E-state index is -2.02. The van der Waals surface area contributed by atoms with E-state index >= 15 is 0 Å². The summed E-state index contributed by atoms with van der Waals surface area (Å²) in [5, 5.41) is 9.33. The SMILES string of the molecule is COC(=O)C1C(C)C(O[Si](C)(C)C(C)(C)C)CN1C(=O)O. The Labute approximate surface area is 127 Å². The van der Waals surface area contributed by atoms with Crippen molar-refractivity contribution in [3.05, 3.63) is 0 Å². The van der Waals surface area contributed by atoms with E-state index in [1.165, 1.54) is 7.11 Å². The van der Waals surface area contributed by atoms with Gasteiger partial charge in [-0.15, -0.1) is 0 Å². The fourth-order valence-electron chi connectivity index (χ4n) is 2.32. The molecule has 0 aromatic rings. The molecule has 0 aliphatic carbocycles. The van der Waals surface area contributed by atoms with Crippen molar-refractivity contribution in [3.8, 4) is 0 Å². The van der Waals surface area contributed by atoms with E-state index in [1.807, 2.05) is 6.92 Å². The van der Waals surface area contributed by atoms with Gasteiger partial charge in [0.05, 0.1) is 19.8 Å². The summed E-state index contributed by atoms with van der Waals surface area (Å²) in [6.07, 6.45) is -1.38. The molecule has 1 heterocycles. The van der Waals surface area contributed by atoms with Crippen molar-refractivity contribution >= 4 is 20.4 Å². The molecule has 3 unspecified atom stereocenters. The Morgan fingerprint density at radius 1 is 1.29 bits per heavy atom. The van der Waals surface area contributed by atoms with Crippen LogP contribution in [0.3, 0.4) is 0 Å². The highest BCUT2D eigenvalue weighted by Gasteiger charge is 2.50. The molecule has 0 aromatic carbocycles. The molecule has 1 saturated heterocycles. The molecule has 7 heteroatoms. The van der Waals surface area contributed by atoms with Crippen LogP contribution in [0.4, 0.5) is 4.79 Å². The number of methoxy groups -OCH3 is 1. The number of carboxylic acid groups (broad SMARTS) is 1. The van der Waals surface area contributed by atoms with E-state index in [2.05, 4.69) is 33.9 Å². The second-order valence-corrected chi connectivity index (χ2v) is 11.9. The van der Waals surface area contributed by atoms with Crippen LogP contribution in [0.15, 0.2) is 0 Å². The third-order valence-electron chi connectivity index (χ3n) is 4.74. The highest BCUT2D eigenvalue weighted by Crippen LogP contribution is 2.40. The number of carbonyl (C=O) groups is 2. The standard InChI is InChI=1S/C14H27NO5Si/c1-9-10(20-21(6,7)14(2,3)4)8-15(13(17)18)11(9)12(16)19-5/h9-11H,8H2,1-7H3,(H,17,18). The van der Waals surface area contributed by atoms with E-state index in [1.54, 1.807) is 0 Å². The lowest BCUT2D eigenvalue weighted by atomic mass is 10.0. The van der Waals surface area contributed by atoms with Gasteiger partial charge in [0.25, 0.3) is 0 Å². The van der Waals surface area contributed by atoms with Gasteiger partial charge in [0.15, 0.2) is 8.32 Å². The molecule has 21 heavy (non-hydrogen) atoms. The first-order chi connectivity index (χ1) is 9.42. The molecule has 0 spiro atoms. The van der Waals surface area contributed by atoms with Crippen LogP contribution in [0.5, 0.6) is 0 Å². The van der Waals surface area contributed by atoms with Crippen molar-refractivity contribution in [3.63, 3.8) is 0 Å². The van der Waals surface area contributed by atoms with Gasteiger partial charge in [-0.05, 0) is 18.1 Å². The average molecular weight is 317 g/mol. The largest absolute Gasteiger partial charge is 0.467 e. The third kappa shape index (κ3) is 3.57. The minimum absolute atomic E-state index is 0.0319. The van der Waals surface area contributed by atoms with Crippen molar-refractivity contribution < 1.29 is 23.9 Å². The van der Waals surface area contributed by atoms with Crippen LogP contribution >= 0.6 is 0 Å². The number of hydrogen-bond donors (Lipinski definition) is 1. The average Bonchev–Trinajstić information content (AvgIpc) is 2.64. The summed E-state index contributed by atoms with van der Waals surface area (Å²) in [6, 6.07) is -0.790. The Hall–Kier alpha value is -1.08. The lowest BCUT2D eigenvalue weighted by Gasteiger charge is -2.39. The van der Waals surface area contributed by atoms with Gasteiger partial charge in [-0.2, -0.15) is 0 Å². The smallest absolute Gasteiger partial charge is 0.408 e. The summed E-state index contributed by atoms with van der Waals surface area (Å²) in [6.45, 7) is 12.7. The van der Waals surface area contributed by atoms with Crippen LogP contribution in [0.25, 0.3) is 0 Å². The molecule has 122 valence electrons. The molecule has 3 atom stereocenters. The summed E-state index contributed by atoms with van der Waals surface area (Å²) in [5.41, 5.74) is 0. The summed E-state index contributed by atoms with van der Waals surface area (Å²) in [7, 11) is -0.747. The molecule has 1 aliphatic heterocycles. The molecule has 1 rings (SSSR count). The lowest BCUT2D eigenvalue weighted by molar-refractivity contribution is -0.146. The van der Waals surface area contributed by atoms with Crippen molar-refractivity contribution in [1.29, 1.82) is 0 Å². The van der Waals surface area contributed by atoms with Gasteiger partial charge in [-0.25, -0.2) is 9.59 Å². The Bertz CT molecular complexity index is 418. The molecule has 0 aromatic heterocycles. The van der Waals surface area contributed by atoms with Crippen molar-refractivity contribution in [2.24, 2.45) is 5.92 Å². The van der Waals surface area contributed by atoms with E-state index in [9.17, 15) is 14.7 Å². The number of rotatable bonds is 3. The molecule has 6 nitrogen and oxygen atoms in total. The van der Waals surface area contributed by atoms with Gasteiger partial charge < -0.3 is 14.3 Å². The summed E-state index contributed by atoms with van der Waals surface area (Å²) >= 11 is 0. The van der Waals surface area contributed by atoms with Gasteiger partial charge in [0.2, 0.25) is 0 Å². The number of ether oxygens (including phenoxy) is 1. The highest BCUT2D eigenvalue weighted by atomic mass is 28.4. The molecule has 0 bridgehead atoms. The Morgan fingerprint density at radius 2 is 1.81 bits per heavy atom. The lowest BCUT2D eigenvalue weighted by Crippen LogP contribution is -2.46. The molecule has 1 aliphatic rings. The summed E-state index contributed by atoms with van der Waals surface area (Å²) in [4.78, 5) is 24.4. The molecular formula is C14H27NO5Si. The van der Waals surface area contributed by atoms with Gasteiger partial charge in [-0.1, -0.05) is 27.7 Å². The Balaban J connectivity index is 2.97. The molecule has 1 amide bonds. The Kier molecular flexibility index (Phi) is 5.10. The first-order valence-electron chi connectivity index (χ1n) is 7.17. The second kappa shape index (κ2) is 5.96. The zero-order chi connectivity index (χ0) is 16.6. The van der Waals surface area contributed by atoms with Crippen molar-refractivity contribution in [1.82, 2.24) is 4.90 Å². The maximum absolute atomic E-state index is 11.9. The molecule has 0 radical (unpaired) electrons. The van der Waals surface area contributed by atoms with Crippen LogP contribution in [0, 0.1) is 5.92 Å². The number of likely N-dealkylation sites (tertiary alicyclic amines) is 1. The topological polar surface area (TPSA) is 76.1 Å². The molecular weight excluding hydrogens is 290 g/mol. The summed E-state index contributed by atoms with van der Waals surface area (Å²) < 4.78 is 11.0. The van der Waals surface area contributed by atoms with Crippen LogP contribution in [0.1, 0.15) is 27.7 Å². The van der Waals surface area contributed by atoms with Crippen LogP contribution < -0.4 is 0 Å². The van der Waals surface area contributed by atoms with Gasteiger partial charge in [0, 0.05) is 5.92 Å². The number of carbonyl (C=O) groups excluding carboxylic acids is 1. The zero-order valence-electron chi connectivity index (χ0n) is 14.0. The Morgan fingerprint density at radius 3 is 2.19 bits per heavy atom. The number of esters is 1. The number of hydrogen-bond acceptors (Lipinski definition) is 4. The summed E-state index contributed by atoms with van der Waals surface area (Å²) in [5.74, 6) is -0.742. The maximum Gasteiger partial charge on any atom is 0.408 e. The maximum atomic E-state index is 11.9. The molecule has 1 fully saturated rings. The first kappa shape index (κ1) is 18.0. The zero-order valence-corrected chi connectivity index (χ0v) is 15.0. The number of amides is 1. The molecule has 0 saturated carbocycles. The van der Waals surface area contributed by atoms with E-state index in [0.717, 1.165) is 4.90 Å². The quantitative estimate of drug-likeness (QED) is 0.639. The van der Waals surface area contributed by atoms with E-state index in [-0.39, 0.29) is 23.6 Å². The van der Waals surface area contributed by atoms with Gasteiger partial charge in [0.1, 0.15) is 6.04 Å². The number of nitrogens with zero attached hydrogens (tertiary/aromatic N) is 1. The highest BCUT2D eigenvalue weighted by molar-refractivity contribution is 6.74. The fraction of sp³-hybridized carbons (Fsp3) is 0.857. The van der Waals surface area contributed by atoms with Crippen molar-refractivity contribution in [2.45, 2.75) is 58.0 Å². The predicted octanol–water partition coefficient (Wildman–Crippen LogP) is 2.55. The second-order valence-electron chi connectivity index (χ2n) is 7.18. The third-order valence-corrected chi connectivity index (χ3v) is 9.24. The van der Waals surface area contributed by atoms with E-state index < -0.39 is 26.4 Å². The van der Waals surface area contributed by atoms with Crippen LogP contribution in [-0.2, 0) is 14.0 Å². The van der Waals surface area contributed by atoms with Crippen LogP contribution in [0.2, 0.25) is 18.1 Å². The predicted molar refractivity (Wildman–Crippen MR) is 81.8 cm³/mol. The minimum Gasteiger partial charge on any atom is -0.467 e. The van der Waals surface area contributed by atoms with Crippen LogP contribution in [-0.4, -0.2) is 56.2 Å². The van der Waals surface area contributed by atoms with Crippen molar-refractivity contribution in [2.75, 3.05) is 13.7 Å². The fourth-order valence-corrected chi connectivity index (χ4v) is 3.72.